The molecule has 0 saturated heterocycles. The van der Waals surface area contributed by atoms with Crippen LogP contribution in [0.5, 0.6) is 0 Å². The molecule has 4 heteroatoms. The summed E-state index contributed by atoms with van der Waals surface area (Å²) in [6.45, 7) is 0. The number of hydrogen-bond donors (Lipinski definition) is 0. The normalized spacial score (nSPS) is 10.0. The van der Waals surface area contributed by atoms with Gasteiger partial charge in [-0.15, -0.1) is 0 Å². The minimum Gasteiger partial charge on any atom is -0.465 e. The molecule has 86 valence electrons. The first-order chi connectivity index (χ1) is 8.22. The van der Waals surface area contributed by atoms with Crippen molar-refractivity contribution in [1.29, 1.82) is 0 Å². The minimum atomic E-state index is -0.391. The maximum absolute atomic E-state index is 11.7. The Kier molecular flexibility index (Phi) is 3.54. The summed E-state index contributed by atoms with van der Waals surface area (Å²) in [7, 11) is 1.36. The zero-order valence-electron chi connectivity index (χ0n) is 9.18. The first-order valence-corrected chi connectivity index (χ1v) is 5.81. The summed E-state index contributed by atoms with van der Waals surface area (Å²) in [4.78, 5) is 15.9. The van der Waals surface area contributed by atoms with Crippen LogP contribution in [-0.2, 0) is 4.74 Å². The summed E-state index contributed by atoms with van der Waals surface area (Å²) in [6.07, 6.45) is 1.66. The SMILES string of the molecule is COC(=O)c1cc(Br)cnc1-c1ccccc1. The van der Waals surface area contributed by atoms with Crippen molar-refractivity contribution in [3.8, 4) is 11.3 Å². The first-order valence-electron chi connectivity index (χ1n) is 5.01. The fourth-order valence-electron chi connectivity index (χ4n) is 1.53. The number of aromatic nitrogens is 1. The highest BCUT2D eigenvalue weighted by molar-refractivity contribution is 9.10. The highest BCUT2D eigenvalue weighted by Gasteiger charge is 2.14. The smallest absolute Gasteiger partial charge is 0.340 e. The fourth-order valence-corrected chi connectivity index (χ4v) is 1.86. The van der Waals surface area contributed by atoms with Gasteiger partial charge in [0, 0.05) is 16.2 Å². The summed E-state index contributed by atoms with van der Waals surface area (Å²) >= 11 is 3.30. The van der Waals surface area contributed by atoms with Crippen LogP contribution in [0.4, 0.5) is 0 Å². The Morgan fingerprint density at radius 1 is 1.29 bits per heavy atom. The Hall–Kier alpha value is -1.68. The van der Waals surface area contributed by atoms with Crippen molar-refractivity contribution in [2.75, 3.05) is 7.11 Å². The van der Waals surface area contributed by atoms with Crippen LogP contribution in [0, 0.1) is 0 Å². The lowest BCUT2D eigenvalue weighted by Gasteiger charge is -2.07. The lowest BCUT2D eigenvalue weighted by Crippen LogP contribution is -2.05. The summed E-state index contributed by atoms with van der Waals surface area (Å²) in [5.74, 6) is -0.391. The van der Waals surface area contributed by atoms with Gasteiger partial charge in [0.25, 0.3) is 0 Å². The number of nitrogens with zero attached hydrogens (tertiary/aromatic N) is 1. The van der Waals surface area contributed by atoms with Gasteiger partial charge in [0.05, 0.1) is 18.4 Å². The zero-order chi connectivity index (χ0) is 12.3. The number of benzene rings is 1. The topological polar surface area (TPSA) is 39.2 Å². The third-order valence-corrected chi connectivity index (χ3v) is 2.74. The third kappa shape index (κ3) is 2.53. The van der Waals surface area contributed by atoms with Crippen molar-refractivity contribution >= 4 is 21.9 Å². The number of carbonyl (C=O) groups is 1. The number of hydrogen-bond acceptors (Lipinski definition) is 3. The van der Waals surface area contributed by atoms with Crippen molar-refractivity contribution in [2.24, 2.45) is 0 Å². The van der Waals surface area contributed by atoms with E-state index in [1.807, 2.05) is 30.3 Å². The summed E-state index contributed by atoms with van der Waals surface area (Å²) in [5.41, 5.74) is 1.97. The fraction of sp³-hybridized carbons (Fsp3) is 0.0769. The molecule has 0 aliphatic carbocycles. The first kappa shape index (κ1) is 11.8. The average molecular weight is 292 g/mol. The van der Waals surface area contributed by atoms with E-state index in [1.165, 1.54) is 7.11 Å². The van der Waals surface area contributed by atoms with Crippen LogP contribution in [0.3, 0.4) is 0 Å². The van der Waals surface area contributed by atoms with Gasteiger partial charge in [-0.25, -0.2) is 4.79 Å². The van der Waals surface area contributed by atoms with Gasteiger partial charge < -0.3 is 4.74 Å². The molecule has 0 unspecified atom stereocenters. The molecule has 0 aliphatic rings. The number of carbonyl (C=O) groups excluding carboxylic acids is 1. The van der Waals surface area contributed by atoms with Crippen LogP contribution in [0.15, 0.2) is 47.1 Å². The molecule has 0 saturated carbocycles. The number of esters is 1. The summed E-state index contributed by atoms with van der Waals surface area (Å²) in [5, 5.41) is 0. The van der Waals surface area contributed by atoms with Gasteiger partial charge in [-0.1, -0.05) is 30.3 Å². The Labute approximate surface area is 108 Å². The van der Waals surface area contributed by atoms with Gasteiger partial charge in [0.15, 0.2) is 0 Å². The Bertz CT molecular complexity index is 540. The van der Waals surface area contributed by atoms with Crippen LogP contribution >= 0.6 is 15.9 Å². The number of rotatable bonds is 2. The van der Waals surface area contributed by atoms with Crippen LogP contribution in [0.2, 0.25) is 0 Å². The molecule has 0 amide bonds. The number of pyridine rings is 1. The molecule has 1 aromatic heterocycles. The standard InChI is InChI=1S/C13H10BrNO2/c1-17-13(16)11-7-10(14)8-15-12(11)9-5-3-2-4-6-9/h2-8H,1H3. The van der Waals surface area contributed by atoms with Gasteiger partial charge in [0.2, 0.25) is 0 Å². The molecule has 1 aromatic carbocycles. The Morgan fingerprint density at radius 3 is 2.65 bits per heavy atom. The van der Waals surface area contributed by atoms with E-state index in [9.17, 15) is 4.79 Å². The van der Waals surface area contributed by atoms with Crippen LogP contribution in [-0.4, -0.2) is 18.1 Å². The van der Waals surface area contributed by atoms with Crippen LogP contribution in [0.1, 0.15) is 10.4 Å². The number of halogens is 1. The predicted molar refractivity (Wildman–Crippen MR) is 68.7 cm³/mol. The largest absolute Gasteiger partial charge is 0.465 e. The second-order valence-electron chi connectivity index (χ2n) is 3.41. The highest BCUT2D eigenvalue weighted by atomic mass is 79.9. The summed E-state index contributed by atoms with van der Waals surface area (Å²) < 4.78 is 5.50. The monoisotopic (exact) mass is 291 g/mol. The molecule has 2 rings (SSSR count). The van der Waals surface area contributed by atoms with Crippen molar-refractivity contribution in [3.63, 3.8) is 0 Å². The predicted octanol–water partition coefficient (Wildman–Crippen LogP) is 3.30. The van der Waals surface area contributed by atoms with Gasteiger partial charge in [-0.3, -0.25) is 4.98 Å². The second-order valence-corrected chi connectivity index (χ2v) is 4.32. The van der Waals surface area contributed by atoms with E-state index in [-0.39, 0.29) is 0 Å². The average Bonchev–Trinajstić information content (AvgIpc) is 2.38. The molecule has 0 spiro atoms. The molecule has 0 fully saturated rings. The summed E-state index contributed by atoms with van der Waals surface area (Å²) in [6, 6.07) is 11.2. The van der Waals surface area contributed by atoms with Crippen molar-refractivity contribution < 1.29 is 9.53 Å². The molecule has 1 heterocycles. The van der Waals surface area contributed by atoms with E-state index in [2.05, 4.69) is 20.9 Å². The molecular weight excluding hydrogens is 282 g/mol. The number of ether oxygens (including phenoxy) is 1. The van der Waals surface area contributed by atoms with Crippen molar-refractivity contribution in [1.82, 2.24) is 4.98 Å². The van der Waals surface area contributed by atoms with Crippen LogP contribution in [0.25, 0.3) is 11.3 Å². The van der Waals surface area contributed by atoms with Gasteiger partial charge in [0.1, 0.15) is 0 Å². The zero-order valence-corrected chi connectivity index (χ0v) is 10.8. The van der Waals surface area contributed by atoms with E-state index in [1.54, 1.807) is 12.3 Å². The lowest BCUT2D eigenvalue weighted by atomic mass is 10.1. The lowest BCUT2D eigenvalue weighted by molar-refractivity contribution is 0.0601. The quantitative estimate of drug-likeness (QED) is 0.797. The number of methoxy groups -OCH3 is 1. The molecule has 0 atom stereocenters. The van der Waals surface area contributed by atoms with Crippen LogP contribution < -0.4 is 0 Å². The van der Waals surface area contributed by atoms with E-state index >= 15 is 0 Å². The Morgan fingerprint density at radius 2 is 2.00 bits per heavy atom. The molecule has 0 radical (unpaired) electrons. The van der Waals surface area contributed by atoms with Gasteiger partial charge in [-0.05, 0) is 22.0 Å². The van der Waals surface area contributed by atoms with E-state index in [0.29, 0.717) is 11.3 Å². The highest BCUT2D eigenvalue weighted by Crippen LogP contribution is 2.24. The molecule has 2 aromatic rings. The van der Waals surface area contributed by atoms with Gasteiger partial charge >= 0.3 is 5.97 Å². The minimum absolute atomic E-state index is 0.391. The molecule has 0 aliphatic heterocycles. The van der Waals surface area contributed by atoms with Crippen molar-refractivity contribution in [2.45, 2.75) is 0 Å². The second kappa shape index (κ2) is 5.10. The molecule has 0 bridgehead atoms. The molecule has 17 heavy (non-hydrogen) atoms. The van der Waals surface area contributed by atoms with Gasteiger partial charge in [-0.2, -0.15) is 0 Å². The molecule has 3 nitrogen and oxygen atoms in total. The molecular formula is C13H10BrNO2. The van der Waals surface area contributed by atoms with E-state index in [4.69, 9.17) is 4.74 Å². The maximum atomic E-state index is 11.7. The van der Waals surface area contributed by atoms with E-state index < -0.39 is 5.97 Å². The maximum Gasteiger partial charge on any atom is 0.340 e. The Balaban J connectivity index is 2.58. The van der Waals surface area contributed by atoms with E-state index in [0.717, 1.165) is 10.0 Å². The van der Waals surface area contributed by atoms with Crippen molar-refractivity contribution in [3.05, 3.63) is 52.6 Å². The third-order valence-electron chi connectivity index (χ3n) is 2.31. The molecule has 0 N–H and O–H groups in total.